The molecule has 2 fully saturated rings. The second-order valence-corrected chi connectivity index (χ2v) is 7.98. The average molecular weight is 317 g/mol. The number of carbonyl (C=O) groups is 1. The van der Waals surface area contributed by atoms with Crippen LogP contribution in [0.4, 0.5) is 0 Å². The maximum Gasteiger partial charge on any atom is 0.322 e. The Bertz CT molecular complexity index is 638. The summed E-state index contributed by atoms with van der Waals surface area (Å²) in [5.41, 5.74) is 0. The van der Waals surface area contributed by atoms with Gasteiger partial charge >= 0.3 is 5.97 Å². The van der Waals surface area contributed by atoms with Crippen LogP contribution in [-0.2, 0) is 21.9 Å². The van der Waals surface area contributed by atoms with Crippen LogP contribution in [0, 0.1) is 5.92 Å². The minimum absolute atomic E-state index is 0.0388. The third-order valence-corrected chi connectivity index (χ3v) is 7.17. The molecule has 1 saturated heterocycles. The number of aryl methyl sites for hydroxylation is 1. The van der Waals surface area contributed by atoms with Crippen molar-refractivity contribution in [2.75, 3.05) is 5.75 Å². The fourth-order valence-corrected chi connectivity index (χ4v) is 6.36. The summed E-state index contributed by atoms with van der Waals surface area (Å²) in [5.74, 6) is -0.521. The molecule has 2 heterocycles. The third-order valence-electron chi connectivity index (χ3n) is 3.61. The van der Waals surface area contributed by atoms with Gasteiger partial charge in [-0.3, -0.25) is 9.48 Å². The van der Waals surface area contributed by atoms with Crippen LogP contribution in [0.25, 0.3) is 0 Å². The van der Waals surface area contributed by atoms with Gasteiger partial charge in [0.2, 0.25) is 0 Å². The first kappa shape index (κ1) is 13.9. The average Bonchev–Trinajstić information content (AvgIpc) is 2.95. The molecule has 110 valence electrons. The predicted molar refractivity (Wildman–Crippen MR) is 72.6 cm³/mol. The zero-order valence-corrected chi connectivity index (χ0v) is 12.5. The molecule has 1 saturated carbocycles. The van der Waals surface area contributed by atoms with Gasteiger partial charge in [0.1, 0.15) is 6.04 Å². The summed E-state index contributed by atoms with van der Waals surface area (Å²) in [5, 5.41) is 12.9. The van der Waals surface area contributed by atoms with Gasteiger partial charge in [-0.15, -0.1) is 11.8 Å². The molecule has 9 heteroatoms. The van der Waals surface area contributed by atoms with Gasteiger partial charge in [-0.25, -0.2) is 8.42 Å². The molecule has 0 aromatic carbocycles. The standard InChI is InChI=1S/C11H15N3O4S2/c1-13-9(4-5-12-13)20(17,18)14-8(11(15)16)6-19-10(14)7-2-3-7/h4-5,7-8,10H,2-3,6H2,1H3,(H,15,16). The third kappa shape index (κ3) is 2.13. The Morgan fingerprint density at radius 1 is 1.50 bits per heavy atom. The highest BCUT2D eigenvalue weighted by Gasteiger charge is 2.52. The van der Waals surface area contributed by atoms with Crippen LogP contribution in [0.1, 0.15) is 12.8 Å². The molecule has 3 rings (SSSR count). The highest BCUT2D eigenvalue weighted by atomic mass is 32.2. The van der Waals surface area contributed by atoms with Crippen molar-refractivity contribution in [2.24, 2.45) is 13.0 Å². The second kappa shape index (κ2) is 4.74. The molecule has 2 unspecified atom stereocenters. The Balaban J connectivity index is 2.03. The molecule has 0 spiro atoms. The summed E-state index contributed by atoms with van der Waals surface area (Å²) in [4.78, 5) is 11.4. The molecule has 2 aliphatic rings. The predicted octanol–water partition coefficient (Wildman–Crippen LogP) is 0.347. The Morgan fingerprint density at radius 2 is 2.20 bits per heavy atom. The topological polar surface area (TPSA) is 92.5 Å². The van der Waals surface area contributed by atoms with E-state index in [2.05, 4.69) is 5.10 Å². The number of carboxylic acids is 1. The van der Waals surface area contributed by atoms with E-state index >= 15 is 0 Å². The van der Waals surface area contributed by atoms with Crippen molar-refractivity contribution in [3.8, 4) is 0 Å². The molecular weight excluding hydrogens is 302 g/mol. The molecule has 1 aliphatic carbocycles. The Kier molecular flexibility index (Phi) is 3.30. The summed E-state index contributed by atoms with van der Waals surface area (Å²) in [7, 11) is -2.30. The van der Waals surface area contributed by atoms with Gasteiger partial charge in [-0.2, -0.15) is 9.40 Å². The first-order valence-corrected chi connectivity index (χ1v) is 8.78. The van der Waals surface area contributed by atoms with Crippen molar-refractivity contribution in [2.45, 2.75) is 29.3 Å². The summed E-state index contributed by atoms with van der Waals surface area (Å²) in [6.07, 6.45) is 3.32. The van der Waals surface area contributed by atoms with E-state index in [1.807, 2.05) is 0 Å². The number of nitrogens with zero attached hydrogens (tertiary/aromatic N) is 3. The zero-order chi connectivity index (χ0) is 14.5. The molecule has 0 bridgehead atoms. The number of hydrogen-bond acceptors (Lipinski definition) is 5. The van der Waals surface area contributed by atoms with Crippen LogP contribution in [-0.4, -0.2) is 50.7 Å². The van der Waals surface area contributed by atoms with Crippen LogP contribution in [0.2, 0.25) is 0 Å². The van der Waals surface area contributed by atoms with E-state index in [1.165, 1.54) is 40.1 Å². The smallest absolute Gasteiger partial charge is 0.322 e. The molecule has 1 aliphatic heterocycles. The van der Waals surface area contributed by atoms with Crippen molar-refractivity contribution in [1.82, 2.24) is 14.1 Å². The summed E-state index contributed by atoms with van der Waals surface area (Å²) >= 11 is 1.42. The van der Waals surface area contributed by atoms with Gasteiger partial charge < -0.3 is 5.11 Å². The van der Waals surface area contributed by atoms with Gasteiger partial charge in [0.25, 0.3) is 10.0 Å². The maximum atomic E-state index is 12.8. The molecule has 20 heavy (non-hydrogen) atoms. The maximum absolute atomic E-state index is 12.8. The quantitative estimate of drug-likeness (QED) is 0.861. The van der Waals surface area contributed by atoms with Crippen LogP contribution in [0.3, 0.4) is 0 Å². The van der Waals surface area contributed by atoms with Crippen LogP contribution in [0.15, 0.2) is 17.3 Å². The van der Waals surface area contributed by atoms with Gasteiger partial charge in [0, 0.05) is 12.8 Å². The number of sulfonamides is 1. The highest BCUT2D eigenvalue weighted by Crippen LogP contribution is 2.47. The summed E-state index contributed by atoms with van der Waals surface area (Å²) in [6.45, 7) is 0. The van der Waals surface area contributed by atoms with Crippen LogP contribution >= 0.6 is 11.8 Å². The van der Waals surface area contributed by atoms with Gasteiger partial charge in [0.05, 0.1) is 11.6 Å². The first-order valence-electron chi connectivity index (χ1n) is 6.29. The van der Waals surface area contributed by atoms with Crippen molar-refractivity contribution < 1.29 is 18.3 Å². The minimum atomic E-state index is -3.84. The SMILES string of the molecule is Cn1nccc1S(=O)(=O)N1C(C(=O)O)CSC1C1CC1. The first-order chi connectivity index (χ1) is 9.43. The largest absolute Gasteiger partial charge is 0.480 e. The molecular formula is C11H15N3O4S2. The molecule has 7 nitrogen and oxygen atoms in total. The minimum Gasteiger partial charge on any atom is -0.480 e. The van der Waals surface area contributed by atoms with Crippen LogP contribution in [0.5, 0.6) is 0 Å². The van der Waals surface area contributed by atoms with Crippen molar-refractivity contribution >= 4 is 27.8 Å². The Labute approximate surface area is 121 Å². The van der Waals surface area contributed by atoms with E-state index in [-0.39, 0.29) is 16.3 Å². The van der Waals surface area contributed by atoms with Crippen molar-refractivity contribution in [3.05, 3.63) is 12.3 Å². The Hall–Kier alpha value is -1.06. The lowest BCUT2D eigenvalue weighted by Crippen LogP contribution is -2.46. The molecule has 0 radical (unpaired) electrons. The number of carboxylic acid groups (broad SMARTS) is 1. The van der Waals surface area contributed by atoms with Crippen LogP contribution < -0.4 is 0 Å². The van der Waals surface area contributed by atoms with Gasteiger partial charge in [-0.1, -0.05) is 0 Å². The molecule has 1 aromatic rings. The fourth-order valence-electron chi connectivity index (χ4n) is 2.45. The lowest BCUT2D eigenvalue weighted by atomic mass is 10.3. The van der Waals surface area contributed by atoms with E-state index in [1.54, 1.807) is 0 Å². The van der Waals surface area contributed by atoms with Crippen molar-refractivity contribution in [1.29, 1.82) is 0 Å². The molecule has 1 N–H and O–H groups in total. The number of aliphatic carboxylic acids is 1. The van der Waals surface area contributed by atoms with E-state index < -0.39 is 22.0 Å². The number of aromatic nitrogens is 2. The lowest BCUT2D eigenvalue weighted by Gasteiger charge is -2.26. The van der Waals surface area contributed by atoms with Gasteiger partial charge in [0.15, 0.2) is 5.03 Å². The monoisotopic (exact) mass is 317 g/mol. The molecule has 0 amide bonds. The fraction of sp³-hybridized carbons (Fsp3) is 0.636. The Morgan fingerprint density at radius 3 is 2.70 bits per heavy atom. The second-order valence-electron chi connectivity index (χ2n) is 5.04. The van der Waals surface area contributed by atoms with E-state index in [4.69, 9.17) is 0 Å². The zero-order valence-electron chi connectivity index (χ0n) is 10.8. The van der Waals surface area contributed by atoms with E-state index in [0.717, 1.165) is 12.8 Å². The van der Waals surface area contributed by atoms with Crippen molar-refractivity contribution in [3.63, 3.8) is 0 Å². The molecule has 2 atom stereocenters. The van der Waals surface area contributed by atoms with Gasteiger partial charge in [-0.05, 0) is 24.8 Å². The summed E-state index contributed by atoms with van der Waals surface area (Å²) < 4.78 is 28.0. The summed E-state index contributed by atoms with van der Waals surface area (Å²) in [6, 6.07) is 0.409. The molecule has 1 aromatic heterocycles. The number of hydrogen-bond donors (Lipinski definition) is 1. The highest BCUT2D eigenvalue weighted by molar-refractivity contribution is 8.01. The number of rotatable bonds is 4. The van der Waals surface area contributed by atoms with E-state index in [0.29, 0.717) is 5.75 Å². The number of thioether (sulfide) groups is 1. The van der Waals surface area contributed by atoms with E-state index in [9.17, 15) is 18.3 Å². The normalized spacial score (nSPS) is 27.9. The lowest BCUT2D eigenvalue weighted by molar-refractivity contribution is -0.140.